The molecule has 0 bridgehead atoms. The van der Waals surface area contributed by atoms with E-state index in [0.29, 0.717) is 32.5 Å². The number of morpholine rings is 1. The number of carboxylic acids is 1. The van der Waals surface area contributed by atoms with Gasteiger partial charge in [-0.2, -0.15) is 0 Å². The molecule has 0 unspecified atom stereocenters. The maximum atomic E-state index is 12.2. The zero-order valence-electron chi connectivity index (χ0n) is 12.7. The number of carbonyl (C=O) groups excluding carboxylic acids is 1. The van der Waals surface area contributed by atoms with E-state index in [2.05, 4.69) is 0 Å². The summed E-state index contributed by atoms with van der Waals surface area (Å²) in [5.74, 6) is -0.0770. The lowest BCUT2D eigenvalue weighted by atomic mass is 10.1. The average Bonchev–Trinajstić information content (AvgIpc) is 2.52. The van der Waals surface area contributed by atoms with E-state index in [1.165, 1.54) is 0 Å². The van der Waals surface area contributed by atoms with Crippen LogP contribution in [0.1, 0.15) is 18.4 Å². The Morgan fingerprint density at radius 3 is 2.73 bits per heavy atom. The molecule has 22 heavy (non-hydrogen) atoms. The van der Waals surface area contributed by atoms with Crippen LogP contribution in [0.5, 0.6) is 5.75 Å². The van der Waals surface area contributed by atoms with Gasteiger partial charge in [0.05, 0.1) is 26.2 Å². The number of methoxy groups -OCH3 is 1. The van der Waals surface area contributed by atoms with Gasteiger partial charge in [-0.1, -0.05) is 12.1 Å². The third-order valence-electron chi connectivity index (χ3n) is 3.68. The first-order valence-electron chi connectivity index (χ1n) is 7.32. The Labute approximate surface area is 129 Å². The molecule has 0 spiro atoms. The van der Waals surface area contributed by atoms with Crippen molar-refractivity contribution in [1.82, 2.24) is 4.90 Å². The van der Waals surface area contributed by atoms with E-state index in [9.17, 15) is 9.59 Å². The molecule has 0 aromatic heterocycles. The van der Waals surface area contributed by atoms with E-state index in [-0.39, 0.29) is 12.3 Å². The van der Waals surface area contributed by atoms with Gasteiger partial charge in [0.15, 0.2) is 0 Å². The SMILES string of the molecule is COc1ccc(CCC(=O)N2CCO[C@H](CC(=O)O)C2)cc1. The number of carbonyl (C=O) groups is 2. The number of rotatable bonds is 6. The van der Waals surface area contributed by atoms with Crippen LogP contribution in [0.15, 0.2) is 24.3 Å². The molecule has 1 heterocycles. The minimum Gasteiger partial charge on any atom is -0.497 e. The molecule has 1 atom stereocenters. The van der Waals surface area contributed by atoms with Crippen molar-refractivity contribution in [2.45, 2.75) is 25.4 Å². The summed E-state index contributed by atoms with van der Waals surface area (Å²) in [4.78, 5) is 24.6. The quantitative estimate of drug-likeness (QED) is 0.858. The number of aliphatic carboxylic acids is 1. The van der Waals surface area contributed by atoms with Crippen LogP contribution >= 0.6 is 0 Å². The predicted octanol–water partition coefficient (Wildman–Crippen LogP) is 1.33. The fourth-order valence-electron chi connectivity index (χ4n) is 2.47. The summed E-state index contributed by atoms with van der Waals surface area (Å²) in [5.41, 5.74) is 1.07. The second-order valence-electron chi connectivity index (χ2n) is 5.28. The van der Waals surface area contributed by atoms with Gasteiger partial charge in [-0.3, -0.25) is 9.59 Å². The smallest absolute Gasteiger partial charge is 0.306 e. The monoisotopic (exact) mass is 307 g/mol. The number of hydrogen-bond donors (Lipinski definition) is 1. The maximum absolute atomic E-state index is 12.2. The van der Waals surface area contributed by atoms with Crippen LogP contribution < -0.4 is 4.74 Å². The molecule has 6 heteroatoms. The lowest BCUT2D eigenvalue weighted by Gasteiger charge is -2.32. The van der Waals surface area contributed by atoms with Gasteiger partial charge in [0.2, 0.25) is 5.91 Å². The van der Waals surface area contributed by atoms with Crippen molar-refractivity contribution in [2.75, 3.05) is 26.8 Å². The fourth-order valence-corrected chi connectivity index (χ4v) is 2.47. The highest BCUT2D eigenvalue weighted by atomic mass is 16.5. The van der Waals surface area contributed by atoms with Gasteiger partial charge >= 0.3 is 5.97 Å². The molecule has 0 aliphatic carbocycles. The van der Waals surface area contributed by atoms with Gasteiger partial charge in [-0.05, 0) is 24.1 Å². The van der Waals surface area contributed by atoms with Crippen LogP contribution in [-0.2, 0) is 20.7 Å². The van der Waals surface area contributed by atoms with E-state index in [1.54, 1.807) is 12.0 Å². The summed E-state index contributed by atoms with van der Waals surface area (Å²) < 4.78 is 10.5. The Balaban J connectivity index is 1.81. The zero-order valence-corrected chi connectivity index (χ0v) is 12.7. The number of ether oxygens (including phenoxy) is 2. The van der Waals surface area contributed by atoms with Crippen molar-refractivity contribution in [2.24, 2.45) is 0 Å². The van der Waals surface area contributed by atoms with Crippen molar-refractivity contribution in [3.05, 3.63) is 29.8 Å². The molecule has 1 saturated heterocycles. The average molecular weight is 307 g/mol. The first-order valence-corrected chi connectivity index (χ1v) is 7.32. The van der Waals surface area contributed by atoms with E-state index in [1.807, 2.05) is 24.3 Å². The number of aryl methyl sites for hydroxylation is 1. The first kappa shape index (κ1) is 16.3. The van der Waals surface area contributed by atoms with Crippen LogP contribution in [0.25, 0.3) is 0 Å². The molecule has 2 rings (SSSR count). The Kier molecular flexibility index (Phi) is 5.77. The summed E-state index contributed by atoms with van der Waals surface area (Å²) in [6, 6.07) is 7.63. The first-order chi connectivity index (χ1) is 10.6. The topological polar surface area (TPSA) is 76.1 Å². The van der Waals surface area contributed by atoms with Crippen LogP contribution in [0.2, 0.25) is 0 Å². The third kappa shape index (κ3) is 4.73. The van der Waals surface area contributed by atoms with Crippen molar-refractivity contribution >= 4 is 11.9 Å². The summed E-state index contributed by atoms with van der Waals surface area (Å²) in [7, 11) is 1.62. The summed E-state index contributed by atoms with van der Waals surface area (Å²) in [5, 5.41) is 8.79. The highest BCUT2D eigenvalue weighted by Crippen LogP contribution is 2.14. The van der Waals surface area contributed by atoms with E-state index < -0.39 is 12.1 Å². The van der Waals surface area contributed by atoms with Crippen molar-refractivity contribution < 1.29 is 24.2 Å². The Hall–Kier alpha value is -2.08. The molecule has 1 aromatic rings. The van der Waals surface area contributed by atoms with E-state index >= 15 is 0 Å². The molecular formula is C16H21NO5. The van der Waals surface area contributed by atoms with Crippen molar-refractivity contribution in [3.8, 4) is 5.75 Å². The fraction of sp³-hybridized carbons (Fsp3) is 0.500. The third-order valence-corrected chi connectivity index (χ3v) is 3.68. The molecule has 120 valence electrons. The predicted molar refractivity (Wildman–Crippen MR) is 79.9 cm³/mol. The van der Waals surface area contributed by atoms with Crippen molar-refractivity contribution in [1.29, 1.82) is 0 Å². The Bertz CT molecular complexity index is 514. The molecule has 1 aliphatic heterocycles. The van der Waals surface area contributed by atoms with Crippen LogP contribution in [0.3, 0.4) is 0 Å². The number of carboxylic acid groups (broad SMARTS) is 1. The summed E-state index contributed by atoms with van der Waals surface area (Å²) >= 11 is 0. The number of nitrogens with zero attached hydrogens (tertiary/aromatic N) is 1. The molecular weight excluding hydrogens is 286 g/mol. The van der Waals surface area contributed by atoms with Crippen molar-refractivity contribution in [3.63, 3.8) is 0 Å². The van der Waals surface area contributed by atoms with Crippen LogP contribution in [0.4, 0.5) is 0 Å². The number of benzene rings is 1. The molecule has 1 aromatic carbocycles. The van der Waals surface area contributed by atoms with Gasteiger partial charge in [0.1, 0.15) is 5.75 Å². The highest BCUT2D eigenvalue weighted by Gasteiger charge is 2.25. The lowest BCUT2D eigenvalue weighted by molar-refractivity contribution is -0.147. The summed E-state index contributed by atoms with van der Waals surface area (Å²) in [6.45, 7) is 1.28. The molecule has 0 radical (unpaired) electrons. The second-order valence-corrected chi connectivity index (χ2v) is 5.28. The van der Waals surface area contributed by atoms with Gasteiger partial charge in [0.25, 0.3) is 0 Å². The zero-order chi connectivity index (χ0) is 15.9. The molecule has 1 aliphatic rings. The van der Waals surface area contributed by atoms with E-state index in [0.717, 1.165) is 11.3 Å². The minimum atomic E-state index is -0.905. The normalized spacial score (nSPS) is 18.0. The molecule has 0 saturated carbocycles. The van der Waals surface area contributed by atoms with E-state index in [4.69, 9.17) is 14.6 Å². The van der Waals surface area contributed by atoms with Gasteiger partial charge < -0.3 is 19.5 Å². The summed E-state index contributed by atoms with van der Waals surface area (Å²) in [6.07, 6.45) is 0.592. The standard InChI is InChI=1S/C16H21NO5/c1-21-13-5-2-12(3-6-13)4-7-15(18)17-8-9-22-14(11-17)10-16(19)20/h2-3,5-6,14H,4,7-11H2,1H3,(H,19,20)/t14-/m1/s1. The lowest BCUT2D eigenvalue weighted by Crippen LogP contribution is -2.46. The highest BCUT2D eigenvalue weighted by molar-refractivity contribution is 5.76. The molecule has 1 N–H and O–H groups in total. The molecule has 1 amide bonds. The number of amides is 1. The van der Waals surface area contributed by atoms with Gasteiger partial charge in [-0.15, -0.1) is 0 Å². The number of hydrogen-bond acceptors (Lipinski definition) is 4. The second kappa shape index (κ2) is 7.79. The Morgan fingerprint density at radius 2 is 2.09 bits per heavy atom. The largest absolute Gasteiger partial charge is 0.497 e. The Morgan fingerprint density at radius 1 is 1.36 bits per heavy atom. The molecule has 1 fully saturated rings. The van der Waals surface area contributed by atoms with Crippen LogP contribution in [-0.4, -0.2) is 54.8 Å². The van der Waals surface area contributed by atoms with Crippen LogP contribution in [0, 0.1) is 0 Å². The van der Waals surface area contributed by atoms with Gasteiger partial charge in [0, 0.05) is 19.5 Å². The molecule has 6 nitrogen and oxygen atoms in total. The minimum absolute atomic E-state index is 0.0366. The van der Waals surface area contributed by atoms with Gasteiger partial charge in [-0.25, -0.2) is 0 Å². The maximum Gasteiger partial charge on any atom is 0.306 e.